The van der Waals surface area contributed by atoms with Gasteiger partial charge in [-0.3, -0.25) is 0 Å². The molecule has 2 N–H and O–H groups in total. The predicted molar refractivity (Wildman–Crippen MR) is 119 cm³/mol. The van der Waals surface area contributed by atoms with E-state index in [4.69, 9.17) is 25.5 Å². The van der Waals surface area contributed by atoms with E-state index in [-0.39, 0.29) is 24.9 Å². The number of halogens is 1. The highest BCUT2D eigenvalue weighted by Crippen LogP contribution is 2.34. The molecule has 4 rings (SSSR count). The number of benzene rings is 2. The number of aliphatic hydroxyl groups excluding tert-OH is 2. The zero-order valence-corrected chi connectivity index (χ0v) is 18.5. The van der Waals surface area contributed by atoms with Crippen molar-refractivity contribution in [1.29, 1.82) is 0 Å². The predicted octanol–water partition coefficient (Wildman–Crippen LogP) is 5.31. The number of aliphatic hydroxyl groups is 2. The van der Waals surface area contributed by atoms with Crippen LogP contribution in [0, 0.1) is 0 Å². The molecule has 1 aromatic heterocycles. The normalized spacial score (nSPS) is 20.6. The SMILES string of the molecule is CC.OC[C@@H]1C[C@H](O)C[C@H](c2ccc(Cl)c(Cc3ccc(Oc4ncco4)cc3)c2)O1. The van der Waals surface area contributed by atoms with Crippen molar-refractivity contribution in [3.63, 3.8) is 0 Å². The molecule has 1 fully saturated rings. The topological polar surface area (TPSA) is 85.0 Å². The molecule has 0 spiro atoms. The largest absolute Gasteiger partial charge is 0.417 e. The Labute approximate surface area is 187 Å². The average molecular weight is 446 g/mol. The summed E-state index contributed by atoms with van der Waals surface area (Å²) in [4.78, 5) is 3.93. The summed E-state index contributed by atoms with van der Waals surface area (Å²) in [6.07, 6.45) is 3.69. The standard InChI is InChI=1S/C22H22ClNO5.C2H6/c23-20-6-3-15(21-12-17(26)11-19(13-25)28-21)10-16(20)9-14-1-4-18(5-2-14)29-22-24-7-8-27-22;1-2/h1-8,10,17,19,21,25-26H,9,11-13H2;1-2H3/t17-,19-,21+;/m0./s1. The number of rotatable bonds is 6. The summed E-state index contributed by atoms with van der Waals surface area (Å²) in [6.45, 7) is 3.90. The van der Waals surface area contributed by atoms with E-state index in [2.05, 4.69) is 4.98 Å². The number of oxazole rings is 1. The molecule has 166 valence electrons. The summed E-state index contributed by atoms with van der Waals surface area (Å²) >= 11 is 6.42. The van der Waals surface area contributed by atoms with Gasteiger partial charge in [0.05, 0.1) is 31.1 Å². The molecule has 3 atom stereocenters. The quantitative estimate of drug-likeness (QED) is 0.534. The van der Waals surface area contributed by atoms with Crippen LogP contribution in [0.5, 0.6) is 11.8 Å². The van der Waals surface area contributed by atoms with E-state index < -0.39 is 6.10 Å². The Balaban J connectivity index is 0.00000132. The molecule has 2 heterocycles. The molecule has 6 nitrogen and oxygen atoms in total. The van der Waals surface area contributed by atoms with Crippen molar-refractivity contribution in [2.24, 2.45) is 0 Å². The first-order valence-electron chi connectivity index (χ1n) is 10.5. The minimum Gasteiger partial charge on any atom is -0.417 e. The van der Waals surface area contributed by atoms with Gasteiger partial charge >= 0.3 is 6.08 Å². The molecule has 31 heavy (non-hydrogen) atoms. The summed E-state index contributed by atoms with van der Waals surface area (Å²) in [6, 6.07) is 13.4. The molecule has 0 aliphatic carbocycles. The third kappa shape index (κ3) is 6.31. The van der Waals surface area contributed by atoms with Gasteiger partial charge in [-0.1, -0.05) is 49.7 Å². The Hall–Kier alpha value is -2.38. The summed E-state index contributed by atoms with van der Waals surface area (Å²) in [5.74, 6) is 0.635. The first-order chi connectivity index (χ1) is 15.1. The van der Waals surface area contributed by atoms with Gasteiger partial charge in [0.25, 0.3) is 0 Å². The Bertz CT molecular complexity index is 930. The van der Waals surface area contributed by atoms with Gasteiger partial charge in [-0.15, -0.1) is 0 Å². The number of hydrogen-bond acceptors (Lipinski definition) is 6. The molecule has 1 aliphatic heterocycles. The van der Waals surface area contributed by atoms with Gasteiger partial charge in [0.2, 0.25) is 0 Å². The highest BCUT2D eigenvalue weighted by Gasteiger charge is 2.29. The van der Waals surface area contributed by atoms with Crippen LogP contribution < -0.4 is 4.74 Å². The molecule has 0 unspecified atom stereocenters. The monoisotopic (exact) mass is 445 g/mol. The van der Waals surface area contributed by atoms with E-state index in [0.29, 0.717) is 30.0 Å². The van der Waals surface area contributed by atoms with Crippen LogP contribution in [-0.4, -0.2) is 34.0 Å². The maximum Gasteiger partial charge on any atom is 0.399 e. The lowest BCUT2D eigenvalue weighted by molar-refractivity contribution is -0.113. The first kappa shape index (κ1) is 23.3. The van der Waals surface area contributed by atoms with E-state index >= 15 is 0 Å². The minimum atomic E-state index is -0.485. The van der Waals surface area contributed by atoms with Gasteiger partial charge in [-0.25, -0.2) is 0 Å². The molecular formula is C24H28ClNO5. The Morgan fingerprint density at radius 3 is 2.58 bits per heavy atom. The van der Waals surface area contributed by atoms with Crippen LogP contribution in [0.25, 0.3) is 0 Å². The Morgan fingerprint density at radius 2 is 1.90 bits per heavy atom. The Morgan fingerprint density at radius 1 is 1.13 bits per heavy atom. The van der Waals surface area contributed by atoms with E-state index in [9.17, 15) is 10.2 Å². The van der Waals surface area contributed by atoms with Crippen molar-refractivity contribution < 1.29 is 24.1 Å². The van der Waals surface area contributed by atoms with E-state index in [1.165, 1.54) is 12.5 Å². The fraction of sp³-hybridized carbons (Fsp3) is 0.375. The number of aromatic nitrogens is 1. The lowest BCUT2D eigenvalue weighted by Gasteiger charge is -2.32. The van der Waals surface area contributed by atoms with Gasteiger partial charge in [0, 0.05) is 17.9 Å². The van der Waals surface area contributed by atoms with Crippen LogP contribution in [0.15, 0.2) is 59.3 Å². The lowest BCUT2D eigenvalue weighted by Crippen LogP contribution is -2.33. The fourth-order valence-electron chi connectivity index (χ4n) is 3.51. The van der Waals surface area contributed by atoms with Crippen molar-refractivity contribution in [3.05, 3.63) is 76.6 Å². The zero-order chi connectivity index (χ0) is 22.2. The van der Waals surface area contributed by atoms with Gasteiger partial charge in [0.1, 0.15) is 12.0 Å². The molecule has 1 saturated heterocycles. The molecule has 3 aromatic rings. The van der Waals surface area contributed by atoms with Crippen LogP contribution >= 0.6 is 11.6 Å². The summed E-state index contributed by atoms with van der Waals surface area (Å²) in [5, 5.41) is 20.1. The molecule has 0 bridgehead atoms. The van der Waals surface area contributed by atoms with E-state index in [1.54, 1.807) is 0 Å². The highest BCUT2D eigenvalue weighted by molar-refractivity contribution is 6.31. The van der Waals surface area contributed by atoms with E-state index in [1.807, 2.05) is 56.3 Å². The van der Waals surface area contributed by atoms with Crippen molar-refractivity contribution in [1.82, 2.24) is 4.98 Å². The first-order valence-corrected chi connectivity index (χ1v) is 10.9. The second-order valence-electron chi connectivity index (χ2n) is 7.13. The van der Waals surface area contributed by atoms with E-state index in [0.717, 1.165) is 16.7 Å². The van der Waals surface area contributed by atoms with Crippen LogP contribution in [0.4, 0.5) is 0 Å². The van der Waals surface area contributed by atoms with Crippen molar-refractivity contribution in [2.75, 3.05) is 6.61 Å². The third-order valence-electron chi connectivity index (χ3n) is 4.96. The summed E-state index contributed by atoms with van der Waals surface area (Å²) < 4.78 is 16.5. The van der Waals surface area contributed by atoms with Crippen LogP contribution in [-0.2, 0) is 11.2 Å². The molecule has 0 amide bonds. The molecule has 7 heteroatoms. The maximum atomic E-state index is 10.1. The van der Waals surface area contributed by atoms with Gasteiger partial charge < -0.3 is 24.1 Å². The molecule has 2 aromatic carbocycles. The molecule has 1 aliphatic rings. The minimum absolute atomic E-state index is 0.101. The highest BCUT2D eigenvalue weighted by atomic mass is 35.5. The second kappa shape index (κ2) is 11.3. The van der Waals surface area contributed by atoms with Gasteiger partial charge in [-0.2, -0.15) is 4.98 Å². The molecular weight excluding hydrogens is 418 g/mol. The average Bonchev–Trinajstić information content (AvgIpc) is 3.30. The lowest BCUT2D eigenvalue weighted by atomic mass is 9.94. The number of nitrogens with zero attached hydrogens (tertiary/aromatic N) is 1. The maximum absolute atomic E-state index is 10.1. The summed E-state index contributed by atoms with van der Waals surface area (Å²) in [5.41, 5.74) is 2.99. The van der Waals surface area contributed by atoms with Crippen molar-refractivity contribution in [2.45, 2.75) is 51.4 Å². The van der Waals surface area contributed by atoms with Crippen LogP contribution in [0.3, 0.4) is 0 Å². The van der Waals surface area contributed by atoms with Crippen LogP contribution in [0.2, 0.25) is 5.02 Å². The van der Waals surface area contributed by atoms with Crippen molar-refractivity contribution in [3.8, 4) is 11.8 Å². The molecule has 0 saturated carbocycles. The van der Waals surface area contributed by atoms with Gasteiger partial charge in [0.15, 0.2) is 0 Å². The third-order valence-corrected chi connectivity index (χ3v) is 5.32. The Kier molecular flexibility index (Phi) is 8.49. The number of ether oxygens (including phenoxy) is 2. The van der Waals surface area contributed by atoms with Crippen molar-refractivity contribution >= 4 is 11.6 Å². The fourth-order valence-corrected chi connectivity index (χ4v) is 3.69. The molecule has 0 radical (unpaired) electrons. The number of hydrogen-bond donors (Lipinski definition) is 2. The zero-order valence-electron chi connectivity index (χ0n) is 17.7. The summed E-state index contributed by atoms with van der Waals surface area (Å²) in [7, 11) is 0. The smallest absolute Gasteiger partial charge is 0.399 e. The second-order valence-corrected chi connectivity index (χ2v) is 7.53. The van der Waals surface area contributed by atoms with Gasteiger partial charge in [-0.05, 0) is 41.3 Å². The van der Waals surface area contributed by atoms with Crippen LogP contribution in [0.1, 0.15) is 49.5 Å².